The Labute approximate surface area is 130 Å². The molecule has 2 aromatic rings. The van der Waals surface area contributed by atoms with Crippen LogP contribution in [-0.2, 0) is 6.61 Å². The highest BCUT2D eigenvalue weighted by Crippen LogP contribution is 2.24. The minimum Gasteiger partial charge on any atom is -0.489 e. The number of nitrogens with two attached hydrogens (primary N) is 1. The molecule has 0 saturated heterocycles. The van der Waals surface area contributed by atoms with Gasteiger partial charge in [0.2, 0.25) is 0 Å². The molecule has 2 rings (SSSR count). The quantitative estimate of drug-likeness (QED) is 0.848. The number of hydrogen-bond acceptors (Lipinski definition) is 2. The van der Waals surface area contributed by atoms with E-state index in [1.165, 1.54) is 6.07 Å². The van der Waals surface area contributed by atoms with Gasteiger partial charge in [-0.2, -0.15) is 0 Å². The van der Waals surface area contributed by atoms with Crippen LogP contribution in [0.15, 0.2) is 40.9 Å². The first-order valence-corrected chi connectivity index (χ1v) is 7.26. The standard InChI is InChI=1S/C15H14BrClFNO/c1-9(19)13-5-4-12(7-15(13)18)20-8-10-2-3-11(16)6-14(10)17/h2-7,9H,8,19H2,1H3/t9-/m0/s1. The van der Waals surface area contributed by atoms with Gasteiger partial charge in [0.05, 0.1) is 0 Å². The third-order valence-electron chi connectivity index (χ3n) is 2.87. The van der Waals surface area contributed by atoms with Crippen LogP contribution in [0.1, 0.15) is 24.1 Å². The zero-order valence-electron chi connectivity index (χ0n) is 10.9. The van der Waals surface area contributed by atoms with Gasteiger partial charge in [-0.05, 0) is 25.1 Å². The number of benzene rings is 2. The van der Waals surface area contributed by atoms with Gasteiger partial charge in [-0.15, -0.1) is 0 Å². The maximum absolute atomic E-state index is 13.8. The van der Waals surface area contributed by atoms with Crippen molar-refractivity contribution in [2.45, 2.75) is 19.6 Å². The summed E-state index contributed by atoms with van der Waals surface area (Å²) in [5.74, 6) is 0.0882. The van der Waals surface area contributed by atoms with Gasteiger partial charge in [-0.3, -0.25) is 0 Å². The third-order valence-corrected chi connectivity index (χ3v) is 3.72. The molecule has 0 aliphatic rings. The molecule has 0 amide bonds. The lowest BCUT2D eigenvalue weighted by Crippen LogP contribution is -2.07. The molecule has 1 atom stereocenters. The van der Waals surface area contributed by atoms with Crippen molar-refractivity contribution < 1.29 is 9.13 Å². The molecule has 0 radical (unpaired) electrons. The van der Waals surface area contributed by atoms with Crippen molar-refractivity contribution in [3.05, 3.63) is 62.8 Å². The topological polar surface area (TPSA) is 35.2 Å². The Morgan fingerprint density at radius 1 is 1.30 bits per heavy atom. The second-order valence-electron chi connectivity index (χ2n) is 4.50. The summed E-state index contributed by atoms with van der Waals surface area (Å²) in [6, 6.07) is 9.87. The first kappa shape index (κ1) is 15.3. The van der Waals surface area contributed by atoms with E-state index in [-0.39, 0.29) is 18.5 Å². The molecule has 2 nitrogen and oxygen atoms in total. The van der Waals surface area contributed by atoms with Crippen LogP contribution < -0.4 is 10.5 Å². The molecular formula is C15H14BrClFNO. The largest absolute Gasteiger partial charge is 0.489 e. The van der Waals surface area contributed by atoms with E-state index in [9.17, 15) is 4.39 Å². The fourth-order valence-electron chi connectivity index (χ4n) is 1.77. The molecule has 0 unspecified atom stereocenters. The van der Waals surface area contributed by atoms with Crippen LogP contribution in [0.2, 0.25) is 5.02 Å². The lowest BCUT2D eigenvalue weighted by Gasteiger charge is -2.11. The fraction of sp³-hybridized carbons (Fsp3) is 0.200. The third kappa shape index (κ3) is 3.72. The SMILES string of the molecule is C[C@H](N)c1ccc(OCc2ccc(Br)cc2Cl)cc1F. The van der Waals surface area contributed by atoms with Gasteiger partial charge in [0, 0.05) is 32.7 Å². The molecule has 2 aromatic carbocycles. The van der Waals surface area contributed by atoms with Crippen LogP contribution in [-0.4, -0.2) is 0 Å². The van der Waals surface area contributed by atoms with Gasteiger partial charge in [0.15, 0.2) is 0 Å². The van der Waals surface area contributed by atoms with E-state index < -0.39 is 0 Å². The average molecular weight is 359 g/mol. The molecule has 0 aliphatic carbocycles. The highest BCUT2D eigenvalue weighted by Gasteiger charge is 2.09. The molecule has 0 aromatic heterocycles. The molecule has 0 heterocycles. The summed E-state index contributed by atoms with van der Waals surface area (Å²) in [6.07, 6.45) is 0. The van der Waals surface area contributed by atoms with E-state index in [1.54, 1.807) is 25.1 Å². The van der Waals surface area contributed by atoms with Gasteiger partial charge < -0.3 is 10.5 Å². The Kier molecular flexibility index (Phi) is 5.02. The number of hydrogen-bond donors (Lipinski definition) is 1. The minimum atomic E-state index is -0.362. The van der Waals surface area contributed by atoms with E-state index in [1.807, 2.05) is 12.1 Å². The summed E-state index contributed by atoms with van der Waals surface area (Å²) in [5.41, 5.74) is 6.97. The Bertz CT molecular complexity index is 619. The summed E-state index contributed by atoms with van der Waals surface area (Å²) >= 11 is 9.43. The van der Waals surface area contributed by atoms with Gasteiger partial charge in [0.1, 0.15) is 18.2 Å². The summed E-state index contributed by atoms with van der Waals surface area (Å²) in [5, 5.41) is 0.604. The van der Waals surface area contributed by atoms with Crippen molar-refractivity contribution in [1.82, 2.24) is 0 Å². The Morgan fingerprint density at radius 3 is 2.65 bits per heavy atom. The van der Waals surface area contributed by atoms with E-state index in [0.29, 0.717) is 16.3 Å². The normalized spacial score (nSPS) is 12.2. The van der Waals surface area contributed by atoms with Crippen LogP contribution in [0.5, 0.6) is 5.75 Å². The molecule has 0 bridgehead atoms. The second-order valence-corrected chi connectivity index (χ2v) is 5.82. The molecule has 0 fully saturated rings. The highest BCUT2D eigenvalue weighted by atomic mass is 79.9. The lowest BCUT2D eigenvalue weighted by atomic mass is 10.1. The molecule has 2 N–H and O–H groups in total. The minimum absolute atomic E-state index is 0.281. The summed E-state index contributed by atoms with van der Waals surface area (Å²) in [4.78, 5) is 0. The molecule has 106 valence electrons. The molecule has 0 saturated carbocycles. The predicted molar refractivity (Wildman–Crippen MR) is 82.5 cm³/mol. The number of ether oxygens (including phenoxy) is 1. The van der Waals surface area contributed by atoms with Crippen molar-refractivity contribution in [3.8, 4) is 5.75 Å². The molecule has 5 heteroatoms. The van der Waals surface area contributed by atoms with Crippen molar-refractivity contribution >= 4 is 27.5 Å². The van der Waals surface area contributed by atoms with Crippen molar-refractivity contribution in [3.63, 3.8) is 0 Å². The predicted octanol–water partition coefficient (Wildman–Crippen LogP) is 4.84. The molecule has 0 aliphatic heterocycles. The zero-order valence-corrected chi connectivity index (χ0v) is 13.2. The maximum atomic E-state index is 13.8. The monoisotopic (exact) mass is 357 g/mol. The van der Waals surface area contributed by atoms with Crippen molar-refractivity contribution in [2.75, 3.05) is 0 Å². The van der Waals surface area contributed by atoms with Gasteiger partial charge in [-0.25, -0.2) is 4.39 Å². The highest BCUT2D eigenvalue weighted by molar-refractivity contribution is 9.10. The zero-order chi connectivity index (χ0) is 14.7. The van der Waals surface area contributed by atoms with Crippen LogP contribution in [0, 0.1) is 5.82 Å². The van der Waals surface area contributed by atoms with Gasteiger partial charge in [0.25, 0.3) is 0 Å². The van der Waals surface area contributed by atoms with Crippen LogP contribution in [0.25, 0.3) is 0 Å². The van der Waals surface area contributed by atoms with Crippen molar-refractivity contribution in [2.24, 2.45) is 5.73 Å². The van der Waals surface area contributed by atoms with Crippen LogP contribution in [0.4, 0.5) is 4.39 Å². The second kappa shape index (κ2) is 6.57. The Morgan fingerprint density at radius 2 is 2.05 bits per heavy atom. The van der Waals surface area contributed by atoms with Gasteiger partial charge >= 0.3 is 0 Å². The maximum Gasteiger partial charge on any atom is 0.131 e. The lowest BCUT2D eigenvalue weighted by molar-refractivity contribution is 0.304. The van der Waals surface area contributed by atoms with Crippen LogP contribution in [0.3, 0.4) is 0 Å². The van der Waals surface area contributed by atoms with Gasteiger partial charge in [-0.1, -0.05) is 39.7 Å². The Hall–Kier alpha value is -1.10. The van der Waals surface area contributed by atoms with Crippen LogP contribution >= 0.6 is 27.5 Å². The number of halogens is 3. The summed E-state index contributed by atoms with van der Waals surface area (Å²) in [7, 11) is 0. The van der Waals surface area contributed by atoms with Crippen molar-refractivity contribution in [1.29, 1.82) is 0 Å². The van der Waals surface area contributed by atoms with E-state index >= 15 is 0 Å². The first-order chi connectivity index (χ1) is 9.47. The Balaban J connectivity index is 2.09. The summed E-state index contributed by atoms with van der Waals surface area (Å²) < 4.78 is 20.2. The van der Waals surface area contributed by atoms with E-state index in [0.717, 1.165) is 10.0 Å². The first-order valence-electron chi connectivity index (χ1n) is 6.09. The molecule has 20 heavy (non-hydrogen) atoms. The smallest absolute Gasteiger partial charge is 0.131 e. The number of rotatable bonds is 4. The molecular weight excluding hydrogens is 345 g/mol. The summed E-state index contributed by atoms with van der Waals surface area (Å²) in [6.45, 7) is 2.02. The molecule has 0 spiro atoms. The average Bonchev–Trinajstić information content (AvgIpc) is 2.37. The van der Waals surface area contributed by atoms with E-state index in [2.05, 4.69) is 15.9 Å². The van der Waals surface area contributed by atoms with E-state index in [4.69, 9.17) is 22.1 Å². The fourth-order valence-corrected chi connectivity index (χ4v) is 2.49.